The Bertz CT molecular complexity index is 308. The van der Waals surface area contributed by atoms with E-state index in [1.807, 2.05) is 6.92 Å². The molecule has 0 rings (SSSR count). The molecule has 0 saturated heterocycles. The molecule has 0 aromatic heterocycles. The Morgan fingerprint density at radius 3 is 2.32 bits per heavy atom. The first-order chi connectivity index (χ1) is 8.65. The highest BCUT2D eigenvalue weighted by molar-refractivity contribution is 5.81. The molecule has 0 aromatic rings. The fraction of sp³-hybridized carbons (Fsp3) is 0.818. The smallest absolute Gasteiger partial charge is 0.406 e. The third-order valence-corrected chi connectivity index (χ3v) is 2.56. The summed E-state index contributed by atoms with van der Waals surface area (Å²) in [4.78, 5) is 22.4. The van der Waals surface area contributed by atoms with Crippen molar-refractivity contribution in [1.82, 2.24) is 4.90 Å². The van der Waals surface area contributed by atoms with Crippen LogP contribution in [0.4, 0.5) is 13.2 Å². The molecule has 0 aliphatic rings. The fourth-order valence-corrected chi connectivity index (χ4v) is 1.57. The fourth-order valence-electron chi connectivity index (χ4n) is 1.57. The van der Waals surface area contributed by atoms with Gasteiger partial charge in [-0.05, 0) is 25.3 Å². The first-order valence-corrected chi connectivity index (χ1v) is 5.92. The second-order valence-corrected chi connectivity index (χ2v) is 4.48. The Hall–Kier alpha value is -1.31. The summed E-state index contributed by atoms with van der Waals surface area (Å²) in [7, 11) is 0. The van der Waals surface area contributed by atoms with E-state index in [-0.39, 0.29) is 12.3 Å². The van der Waals surface area contributed by atoms with Gasteiger partial charge in [-0.25, -0.2) is 0 Å². The van der Waals surface area contributed by atoms with Gasteiger partial charge in [0.25, 0.3) is 0 Å². The highest BCUT2D eigenvalue weighted by atomic mass is 19.4. The van der Waals surface area contributed by atoms with Crippen LogP contribution >= 0.6 is 0 Å². The second kappa shape index (κ2) is 7.98. The zero-order chi connectivity index (χ0) is 15.1. The molecule has 0 radical (unpaired) electrons. The van der Waals surface area contributed by atoms with Crippen LogP contribution in [-0.2, 0) is 9.59 Å². The molecule has 19 heavy (non-hydrogen) atoms. The number of aliphatic carboxylic acids is 1. The summed E-state index contributed by atoms with van der Waals surface area (Å²) in [5.74, 6) is -2.15. The molecule has 1 atom stereocenters. The van der Waals surface area contributed by atoms with Crippen molar-refractivity contribution in [2.75, 3.05) is 19.6 Å². The lowest BCUT2D eigenvalue weighted by molar-refractivity contribution is -0.165. The minimum atomic E-state index is -4.60. The summed E-state index contributed by atoms with van der Waals surface area (Å²) in [6, 6.07) is 0. The molecule has 0 aliphatic carbocycles. The predicted octanol–water partition coefficient (Wildman–Crippen LogP) is 1.23. The van der Waals surface area contributed by atoms with Gasteiger partial charge < -0.3 is 15.7 Å². The van der Waals surface area contributed by atoms with Crippen molar-refractivity contribution in [3.8, 4) is 0 Å². The van der Waals surface area contributed by atoms with Gasteiger partial charge in [-0.3, -0.25) is 9.59 Å². The predicted molar refractivity (Wildman–Crippen MR) is 62.3 cm³/mol. The maximum atomic E-state index is 12.2. The summed E-state index contributed by atoms with van der Waals surface area (Å²) in [6.45, 7) is -0.199. The normalized spacial score (nSPS) is 13.1. The number of halogens is 3. The summed E-state index contributed by atoms with van der Waals surface area (Å²) in [5.41, 5.74) is 5.32. The zero-order valence-corrected chi connectivity index (χ0v) is 10.7. The van der Waals surface area contributed by atoms with Gasteiger partial charge in [-0.2, -0.15) is 13.2 Å². The third-order valence-electron chi connectivity index (χ3n) is 2.56. The van der Waals surface area contributed by atoms with Crippen LogP contribution < -0.4 is 5.73 Å². The third kappa shape index (κ3) is 9.29. The van der Waals surface area contributed by atoms with E-state index in [0.29, 0.717) is 24.3 Å². The van der Waals surface area contributed by atoms with E-state index < -0.39 is 31.1 Å². The SMILES string of the molecule is CC(CCN)CCC(=O)N(CC(=O)O)CC(F)(F)F. The lowest BCUT2D eigenvalue weighted by Crippen LogP contribution is -2.42. The van der Waals surface area contributed by atoms with Crippen molar-refractivity contribution in [3.05, 3.63) is 0 Å². The summed E-state index contributed by atoms with van der Waals surface area (Å²) >= 11 is 0. The molecule has 0 fully saturated rings. The highest BCUT2D eigenvalue weighted by Crippen LogP contribution is 2.18. The van der Waals surface area contributed by atoms with Gasteiger partial charge in [-0.15, -0.1) is 0 Å². The first-order valence-electron chi connectivity index (χ1n) is 5.92. The number of nitrogens with two attached hydrogens (primary N) is 1. The van der Waals surface area contributed by atoms with Gasteiger partial charge >= 0.3 is 12.1 Å². The summed E-state index contributed by atoms with van der Waals surface area (Å²) in [6.07, 6.45) is -3.64. The van der Waals surface area contributed by atoms with Crippen LogP contribution in [-0.4, -0.2) is 47.7 Å². The largest absolute Gasteiger partial charge is 0.480 e. The van der Waals surface area contributed by atoms with Gasteiger partial charge in [0.1, 0.15) is 13.1 Å². The number of carboxylic acids is 1. The van der Waals surface area contributed by atoms with Gasteiger partial charge in [0, 0.05) is 6.42 Å². The average molecular weight is 284 g/mol. The summed E-state index contributed by atoms with van der Waals surface area (Å²) in [5, 5.41) is 8.51. The molecule has 0 aromatic carbocycles. The lowest BCUT2D eigenvalue weighted by Gasteiger charge is -2.22. The van der Waals surface area contributed by atoms with Crippen molar-refractivity contribution in [2.24, 2.45) is 11.7 Å². The molecule has 0 saturated carbocycles. The minimum Gasteiger partial charge on any atom is -0.480 e. The first kappa shape index (κ1) is 17.7. The van der Waals surface area contributed by atoms with E-state index in [4.69, 9.17) is 10.8 Å². The van der Waals surface area contributed by atoms with Crippen molar-refractivity contribution >= 4 is 11.9 Å². The van der Waals surface area contributed by atoms with Crippen LogP contribution in [0.15, 0.2) is 0 Å². The lowest BCUT2D eigenvalue weighted by atomic mass is 10.0. The van der Waals surface area contributed by atoms with E-state index in [1.54, 1.807) is 0 Å². The van der Waals surface area contributed by atoms with E-state index in [1.165, 1.54) is 0 Å². The van der Waals surface area contributed by atoms with Crippen LogP contribution in [0.3, 0.4) is 0 Å². The molecule has 0 spiro atoms. The number of alkyl halides is 3. The molecule has 0 heterocycles. The zero-order valence-electron chi connectivity index (χ0n) is 10.7. The molecule has 0 aliphatic heterocycles. The van der Waals surface area contributed by atoms with Crippen molar-refractivity contribution in [1.29, 1.82) is 0 Å². The minimum absolute atomic E-state index is 0.107. The van der Waals surface area contributed by atoms with E-state index in [9.17, 15) is 22.8 Å². The Morgan fingerprint density at radius 2 is 1.89 bits per heavy atom. The van der Waals surface area contributed by atoms with Crippen molar-refractivity contribution in [2.45, 2.75) is 32.4 Å². The molecule has 3 N–H and O–H groups in total. The number of carboxylic acid groups (broad SMARTS) is 1. The van der Waals surface area contributed by atoms with Gasteiger partial charge in [0.05, 0.1) is 0 Å². The van der Waals surface area contributed by atoms with Crippen LogP contribution in [0, 0.1) is 5.92 Å². The van der Waals surface area contributed by atoms with E-state index in [2.05, 4.69) is 0 Å². The van der Waals surface area contributed by atoms with Crippen LogP contribution in [0.2, 0.25) is 0 Å². The van der Waals surface area contributed by atoms with Crippen molar-refractivity contribution < 1.29 is 27.9 Å². The molecule has 8 heteroatoms. The number of hydrogen-bond donors (Lipinski definition) is 2. The summed E-state index contributed by atoms with van der Waals surface area (Å²) < 4.78 is 36.7. The maximum Gasteiger partial charge on any atom is 0.406 e. The Morgan fingerprint density at radius 1 is 1.32 bits per heavy atom. The standard InChI is InChI=1S/C11H19F3N2O3/c1-8(4-5-15)2-3-9(17)16(6-10(18)19)7-11(12,13)14/h8H,2-7,15H2,1H3,(H,18,19). The quantitative estimate of drug-likeness (QED) is 0.702. The molecule has 5 nitrogen and oxygen atoms in total. The van der Waals surface area contributed by atoms with E-state index in [0.717, 1.165) is 0 Å². The van der Waals surface area contributed by atoms with Crippen LogP contribution in [0.25, 0.3) is 0 Å². The van der Waals surface area contributed by atoms with Crippen LogP contribution in [0.1, 0.15) is 26.2 Å². The Balaban J connectivity index is 4.42. The number of hydrogen-bond acceptors (Lipinski definition) is 3. The number of nitrogens with zero attached hydrogens (tertiary/aromatic N) is 1. The molecule has 1 unspecified atom stereocenters. The number of carbonyl (C=O) groups is 2. The number of amides is 1. The molecular weight excluding hydrogens is 265 g/mol. The molecule has 1 amide bonds. The molecular formula is C11H19F3N2O3. The number of rotatable bonds is 8. The van der Waals surface area contributed by atoms with Crippen LogP contribution in [0.5, 0.6) is 0 Å². The Kier molecular flexibility index (Phi) is 7.43. The molecule has 112 valence electrons. The van der Waals surface area contributed by atoms with Crippen molar-refractivity contribution in [3.63, 3.8) is 0 Å². The molecule has 0 bridgehead atoms. The van der Waals surface area contributed by atoms with E-state index >= 15 is 0 Å². The average Bonchev–Trinajstić information content (AvgIpc) is 2.22. The topological polar surface area (TPSA) is 83.6 Å². The van der Waals surface area contributed by atoms with Gasteiger partial charge in [0.15, 0.2) is 0 Å². The van der Waals surface area contributed by atoms with Gasteiger partial charge in [0.2, 0.25) is 5.91 Å². The maximum absolute atomic E-state index is 12.2. The monoisotopic (exact) mass is 284 g/mol. The second-order valence-electron chi connectivity index (χ2n) is 4.48. The Labute approximate surface area is 109 Å². The highest BCUT2D eigenvalue weighted by Gasteiger charge is 2.33. The number of carbonyl (C=O) groups excluding carboxylic acids is 1. The van der Waals surface area contributed by atoms with Gasteiger partial charge in [-0.1, -0.05) is 6.92 Å².